The first-order valence-electron chi connectivity index (χ1n) is 7.07. The fourth-order valence-corrected chi connectivity index (χ4v) is 4.78. The van der Waals surface area contributed by atoms with Gasteiger partial charge < -0.3 is 4.74 Å². The van der Waals surface area contributed by atoms with Crippen molar-refractivity contribution in [2.75, 3.05) is 7.11 Å². The number of fused-ring (bicyclic) bond motifs is 1. The number of aryl methyl sites for hydroxylation is 1. The Hall–Kier alpha value is -1.32. The van der Waals surface area contributed by atoms with Crippen molar-refractivity contribution < 1.29 is 13.5 Å². The minimum atomic E-state index is -2.06. The first-order valence-corrected chi connectivity index (χ1v) is 9.78. The van der Waals surface area contributed by atoms with E-state index in [1.807, 2.05) is 37.3 Å². The van der Waals surface area contributed by atoms with Crippen molar-refractivity contribution in [2.24, 2.45) is 0 Å². The average Bonchev–Trinajstić information content (AvgIpc) is 2.88. The predicted octanol–water partition coefficient (Wildman–Crippen LogP) is 4.27. The van der Waals surface area contributed by atoms with Gasteiger partial charge in [-0.1, -0.05) is 12.1 Å². The molecule has 0 aliphatic rings. The van der Waals surface area contributed by atoms with Crippen molar-refractivity contribution in [3.63, 3.8) is 0 Å². The quantitative estimate of drug-likeness (QED) is 0.597. The van der Waals surface area contributed by atoms with E-state index in [1.54, 1.807) is 18.4 Å². The number of ether oxygens (including phenoxy) is 1. The molecule has 0 amide bonds. The summed E-state index contributed by atoms with van der Waals surface area (Å²) in [5.74, 6) is 0.773. The lowest BCUT2D eigenvalue weighted by molar-refractivity contribution is 0.415. The van der Waals surface area contributed by atoms with Crippen LogP contribution in [0.3, 0.4) is 0 Å². The Morgan fingerprint density at radius 1 is 1.42 bits per heavy atom. The Labute approximate surface area is 154 Å². The number of hydrogen-bond acceptors (Lipinski definition) is 4. The molecule has 5 nitrogen and oxygen atoms in total. The van der Waals surface area contributed by atoms with Crippen LogP contribution in [-0.2, 0) is 17.8 Å². The lowest BCUT2D eigenvalue weighted by Crippen LogP contribution is -2.15. The summed E-state index contributed by atoms with van der Waals surface area (Å²) in [5, 5.41) is 0.976. The van der Waals surface area contributed by atoms with E-state index >= 15 is 0 Å². The van der Waals surface area contributed by atoms with Crippen LogP contribution in [0.1, 0.15) is 11.3 Å². The molecule has 1 aromatic carbocycles. The highest BCUT2D eigenvalue weighted by Gasteiger charge is 2.18. The molecular weight excluding hydrogens is 412 g/mol. The Morgan fingerprint density at radius 2 is 2.21 bits per heavy atom. The van der Waals surface area contributed by atoms with Crippen LogP contribution in [0.4, 0.5) is 0 Å². The van der Waals surface area contributed by atoms with E-state index in [1.165, 1.54) is 0 Å². The lowest BCUT2D eigenvalue weighted by atomic mass is 10.0. The number of halogens is 1. The first kappa shape index (κ1) is 17.5. The van der Waals surface area contributed by atoms with Crippen molar-refractivity contribution in [3.05, 3.63) is 45.4 Å². The van der Waals surface area contributed by atoms with Gasteiger partial charge in [-0.3, -0.25) is 4.55 Å². The number of thiophene rings is 1. The highest BCUT2D eigenvalue weighted by atomic mass is 79.9. The lowest BCUT2D eigenvalue weighted by Gasteiger charge is -2.09. The molecule has 0 bridgehead atoms. The molecule has 2 N–H and O–H groups in total. The van der Waals surface area contributed by atoms with Crippen molar-refractivity contribution in [2.45, 2.75) is 13.5 Å². The van der Waals surface area contributed by atoms with Gasteiger partial charge in [0.2, 0.25) is 11.3 Å². The molecule has 2 aromatic heterocycles. The summed E-state index contributed by atoms with van der Waals surface area (Å²) in [5.41, 5.74) is 3.82. The molecule has 0 aliphatic heterocycles. The summed E-state index contributed by atoms with van der Waals surface area (Å²) < 4.78 is 28.9. The molecule has 0 saturated carbocycles. The third-order valence-electron chi connectivity index (χ3n) is 3.57. The number of rotatable bonds is 5. The summed E-state index contributed by atoms with van der Waals surface area (Å²) in [7, 11) is 1.64. The Morgan fingerprint density at radius 3 is 2.92 bits per heavy atom. The standard InChI is InChI=1S/C16H15BrN2O3S2/c1-9-6-11(8-18-24(20)21)14-13(15(17)23-16(14)19-9)10-4-3-5-12(7-10)22-2/h3-7,18H,8H2,1-2H3,(H,20,21). The monoisotopic (exact) mass is 426 g/mol. The van der Waals surface area contributed by atoms with E-state index in [-0.39, 0.29) is 6.54 Å². The summed E-state index contributed by atoms with van der Waals surface area (Å²) in [6.07, 6.45) is 0. The molecular formula is C16H15BrN2O3S2. The number of benzene rings is 1. The summed E-state index contributed by atoms with van der Waals surface area (Å²) in [6, 6.07) is 9.74. The Bertz CT molecular complexity index is 927. The van der Waals surface area contributed by atoms with Crippen LogP contribution in [0.25, 0.3) is 21.3 Å². The molecule has 0 fully saturated rings. The fourth-order valence-electron chi connectivity index (χ4n) is 2.60. The average molecular weight is 427 g/mol. The van der Waals surface area contributed by atoms with E-state index < -0.39 is 11.3 Å². The highest BCUT2D eigenvalue weighted by molar-refractivity contribution is 9.11. The minimum Gasteiger partial charge on any atom is -0.497 e. The largest absolute Gasteiger partial charge is 0.497 e. The maximum Gasteiger partial charge on any atom is 0.232 e. The number of aromatic nitrogens is 1. The number of hydrogen-bond donors (Lipinski definition) is 2. The molecule has 0 spiro atoms. The molecule has 1 atom stereocenters. The van der Waals surface area contributed by atoms with E-state index in [9.17, 15) is 4.21 Å². The molecule has 3 aromatic rings. The van der Waals surface area contributed by atoms with Gasteiger partial charge in [0.1, 0.15) is 10.6 Å². The van der Waals surface area contributed by atoms with Crippen molar-refractivity contribution in [3.8, 4) is 16.9 Å². The Kier molecular flexibility index (Phi) is 5.31. The van der Waals surface area contributed by atoms with Gasteiger partial charge in [-0.2, -0.15) is 0 Å². The number of methoxy groups -OCH3 is 1. The van der Waals surface area contributed by atoms with E-state index in [0.29, 0.717) is 0 Å². The maximum atomic E-state index is 11.0. The minimum absolute atomic E-state index is 0.281. The van der Waals surface area contributed by atoms with Crippen LogP contribution in [0.5, 0.6) is 5.75 Å². The highest BCUT2D eigenvalue weighted by Crippen LogP contribution is 2.43. The van der Waals surface area contributed by atoms with Gasteiger partial charge in [-0.15, -0.1) is 11.3 Å². The summed E-state index contributed by atoms with van der Waals surface area (Å²) >= 11 is 3.12. The van der Waals surface area contributed by atoms with Gasteiger partial charge in [-0.05, 0) is 52.2 Å². The van der Waals surface area contributed by atoms with Crippen LogP contribution < -0.4 is 9.46 Å². The fraction of sp³-hybridized carbons (Fsp3) is 0.188. The van der Waals surface area contributed by atoms with Gasteiger partial charge in [-0.25, -0.2) is 13.9 Å². The zero-order valence-electron chi connectivity index (χ0n) is 13.0. The zero-order chi connectivity index (χ0) is 17.3. The maximum absolute atomic E-state index is 11.0. The van der Waals surface area contributed by atoms with Crippen LogP contribution in [-0.4, -0.2) is 20.9 Å². The van der Waals surface area contributed by atoms with E-state index in [0.717, 1.165) is 42.1 Å². The van der Waals surface area contributed by atoms with Gasteiger partial charge in [0.15, 0.2) is 0 Å². The van der Waals surface area contributed by atoms with Crippen molar-refractivity contribution >= 4 is 48.7 Å². The van der Waals surface area contributed by atoms with Crippen LogP contribution in [0, 0.1) is 6.92 Å². The molecule has 3 rings (SSSR count). The SMILES string of the molecule is COc1cccc(-c2c(Br)sc3nc(C)cc(CNS(=O)O)c23)c1. The molecule has 126 valence electrons. The normalized spacial score (nSPS) is 12.5. The number of pyridine rings is 1. The summed E-state index contributed by atoms with van der Waals surface area (Å²) in [4.78, 5) is 5.49. The second-order valence-corrected chi connectivity index (χ2v) is 8.26. The zero-order valence-corrected chi connectivity index (χ0v) is 16.2. The summed E-state index contributed by atoms with van der Waals surface area (Å²) in [6.45, 7) is 2.20. The van der Waals surface area contributed by atoms with E-state index in [4.69, 9.17) is 9.29 Å². The number of nitrogens with one attached hydrogen (secondary N) is 1. The number of nitrogens with zero attached hydrogens (tertiary/aromatic N) is 1. The van der Waals surface area contributed by atoms with Crippen LogP contribution in [0.15, 0.2) is 34.1 Å². The van der Waals surface area contributed by atoms with Gasteiger partial charge >= 0.3 is 0 Å². The van der Waals surface area contributed by atoms with E-state index in [2.05, 4.69) is 25.6 Å². The molecule has 24 heavy (non-hydrogen) atoms. The van der Waals surface area contributed by atoms with Crippen LogP contribution in [0.2, 0.25) is 0 Å². The van der Waals surface area contributed by atoms with Gasteiger partial charge in [0.05, 0.1) is 10.9 Å². The van der Waals surface area contributed by atoms with Gasteiger partial charge in [0.25, 0.3) is 0 Å². The smallest absolute Gasteiger partial charge is 0.232 e. The molecule has 0 aliphatic carbocycles. The molecule has 8 heteroatoms. The third-order valence-corrected chi connectivity index (χ3v) is 5.72. The van der Waals surface area contributed by atoms with Crippen LogP contribution >= 0.6 is 27.3 Å². The second kappa shape index (κ2) is 7.28. The van der Waals surface area contributed by atoms with Gasteiger partial charge in [0, 0.05) is 23.2 Å². The van der Waals surface area contributed by atoms with Crippen molar-refractivity contribution in [1.29, 1.82) is 0 Å². The third kappa shape index (κ3) is 3.52. The predicted molar refractivity (Wildman–Crippen MR) is 102 cm³/mol. The molecule has 0 saturated heterocycles. The molecule has 1 unspecified atom stereocenters. The van der Waals surface area contributed by atoms with Crippen molar-refractivity contribution in [1.82, 2.24) is 9.71 Å². The molecule has 0 radical (unpaired) electrons. The topological polar surface area (TPSA) is 71.5 Å². The Balaban J connectivity index is 2.23. The molecule has 2 heterocycles. The second-order valence-electron chi connectivity index (χ2n) is 5.16. The first-order chi connectivity index (χ1) is 11.5.